The Morgan fingerprint density at radius 2 is 2.07 bits per heavy atom. The number of nitrogens with one attached hydrogen (secondary N) is 4. The number of carbonyl (C=O) groups is 1. The molecule has 0 aromatic rings. The number of nitrogens with zero attached hydrogens (tertiary/aromatic N) is 2. The highest BCUT2D eigenvalue weighted by Crippen LogP contribution is 2.38. The van der Waals surface area contributed by atoms with E-state index in [0.717, 1.165) is 0 Å². The molecule has 4 heterocycles. The smallest absolute Gasteiger partial charge is 0.359 e. The number of rotatable bonds is 5. The minimum absolute atomic E-state index is 0.0749. The summed E-state index contributed by atoms with van der Waals surface area (Å²) in [5.41, 5.74) is 5.92. The first-order valence-corrected chi connectivity index (χ1v) is 10.6. The van der Waals surface area contributed by atoms with Gasteiger partial charge in [0.1, 0.15) is 12.1 Å². The lowest BCUT2D eigenvalue weighted by Gasteiger charge is -2.39. The van der Waals surface area contributed by atoms with Gasteiger partial charge in [-0.2, -0.15) is 18.7 Å². The van der Waals surface area contributed by atoms with Crippen molar-refractivity contribution in [2.45, 2.75) is 43.3 Å². The molecule has 4 saturated heterocycles. The van der Waals surface area contributed by atoms with Crippen molar-refractivity contribution in [1.82, 2.24) is 31.4 Å². The van der Waals surface area contributed by atoms with Gasteiger partial charge in [0, 0.05) is 39.1 Å². The highest BCUT2D eigenvalue weighted by atomic mass is 19.4. The molecule has 4 aliphatic heterocycles. The maximum atomic E-state index is 13.4. The van der Waals surface area contributed by atoms with Crippen molar-refractivity contribution >= 4 is 5.91 Å². The van der Waals surface area contributed by atoms with E-state index in [0.29, 0.717) is 52.4 Å². The molecule has 0 aromatic carbocycles. The van der Waals surface area contributed by atoms with E-state index >= 15 is 0 Å². The molecule has 0 saturated carbocycles. The fourth-order valence-corrected chi connectivity index (χ4v) is 4.84. The van der Waals surface area contributed by atoms with Gasteiger partial charge >= 0.3 is 6.18 Å². The number of amides is 1. The zero-order valence-corrected chi connectivity index (χ0v) is 17.1. The Morgan fingerprint density at radius 1 is 1.23 bits per heavy atom. The van der Waals surface area contributed by atoms with E-state index in [1.807, 2.05) is 17.0 Å². The first-order chi connectivity index (χ1) is 14.3. The van der Waals surface area contributed by atoms with E-state index < -0.39 is 24.1 Å². The van der Waals surface area contributed by atoms with Crippen LogP contribution in [0, 0.1) is 11.8 Å². The van der Waals surface area contributed by atoms with E-state index in [4.69, 9.17) is 9.57 Å². The second-order valence-electron chi connectivity index (χ2n) is 8.80. The molecule has 0 aliphatic carbocycles. The number of hydroxylamine groups is 1. The summed E-state index contributed by atoms with van der Waals surface area (Å²) >= 11 is 0. The van der Waals surface area contributed by atoms with Gasteiger partial charge in [0.2, 0.25) is 5.91 Å². The largest absolute Gasteiger partial charge is 0.392 e. The fourth-order valence-electron chi connectivity index (χ4n) is 4.84. The zero-order chi connectivity index (χ0) is 21.3. The van der Waals surface area contributed by atoms with Crippen molar-refractivity contribution < 1.29 is 27.5 Å². The van der Waals surface area contributed by atoms with Crippen LogP contribution in [-0.2, 0) is 14.4 Å². The molecular weight excluding hydrogens is 405 g/mol. The summed E-state index contributed by atoms with van der Waals surface area (Å²) in [7, 11) is 1.86. The van der Waals surface area contributed by atoms with Crippen LogP contribution in [0.3, 0.4) is 0 Å². The van der Waals surface area contributed by atoms with Gasteiger partial charge < -0.3 is 15.0 Å². The monoisotopic (exact) mass is 436 g/mol. The van der Waals surface area contributed by atoms with Crippen LogP contribution in [0.25, 0.3) is 0 Å². The summed E-state index contributed by atoms with van der Waals surface area (Å²) in [5, 5.41) is 7.87. The van der Waals surface area contributed by atoms with Gasteiger partial charge in [-0.25, -0.2) is 5.01 Å². The Bertz CT molecular complexity index is 606. The van der Waals surface area contributed by atoms with Gasteiger partial charge in [-0.3, -0.25) is 20.4 Å². The summed E-state index contributed by atoms with van der Waals surface area (Å²) in [6.07, 6.45) is -3.79. The van der Waals surface area contributed by atoms with Gasteiger partial charge in [-0.15, -0.1) is 0 Å². The van der Waals surface area contributed by atoms with Crippen LogP contribution in [0.5, 0.6) is 0 Å². The number of alkyl halides is 3. The average Bonchev–Trinajstić information content (AvgIpc) is 3.42. The minimum Gasteiger partial charge on any atom is -0.359 e. The second kappa shape index (κ2) is 9.23. The molecule has 4 N–H and O–H groups in total. The van der Waals surface area contributed by atoms with E-state index in [1.165, 1.54) is 0 Å². The van der Waals surface area contributed by atoms with Gasteiger partial charge in [0.05, 0.1) is 24.8 Å². The number of halogens is 3. The van der Waals surface area contributed by atoms with Crippen LogP contribution in [-0.4, -0.2) is 99.3 Å². The van der Waals surface area contributed by atoms with E-state index in [9.17, 15) is 18.0 Å². The lowest BCUT2D eigenvalue weighted by molar-refractivity contribution is -0.201. The van der Waals surface area contributed by atoms with Gasteiger partial charge in [0.15, 0.2) is 0 Å². The van der Waals surface area contributed by atoms with Crippen LogP contribution in [0.15, 0.2) is 0 Å². The van der Waals surface area contributed by atoms with Crippen LogP contribution in [0.1, 0.15) is 12.8 Å². The Morgan fingerprint density at radius 3 is 2.80 bits per heavy atom. The number of ether oxygens (including phenoxy) is 1. The second-order valence-corrected chi connectivity index (χ2v) is 8.80. The van der Waals surface area contributed by atoms with Crippen molar-refractivity contribution in [3.05, 3.63) is 0 Å². The number of hydrogen-bond acceptors (Lipinski definition) is 8. The van der Waals surface area contributed by atoms with Crippen molar-refractivity contribution in [1.29, 1.82) is 0 Å². The maximum absolute atomic E-state index is 13.4. The molecule has 1 amide bonds. The molecule has 12 heteroatoms. The molecule has 172 valence electrons. The molecular formula is C18H31F3N6O3. The Kier molecular flexibility index (Phi) is 6.82. The summed E-state index contributed by atoms with van der Waals surface area (Å²) in [6.45, 7) is 3.34. The van der Waals surface area contributed by atoms with Crippen LogP contribution in [0.2, 0.25) is 0 Å². The topological polar surface area (TPSA) is 90.1 Å². The Labute approximate surface area is 173 Å². The first-order valence-electron chi connectivity index (χ1n) is 10.6. The zero-order valence-electron chi connectivity index (χ0n) is 17.1. The molecule has 30 heavy (non-hydrogen) atoms. The maximum Gasteiger partial charge on any atom is 0.392 e. The Hall–Kier alpha value is -1.02. The third-order valence-electron chi connectivity index (χ3n) is 6.47. The summed E-state index contributed by atoms with van der Waals surface area (Å²) in [5.74, 6) is -1.94. The van der Waals surface area contributed by atoms with Crippen molar-refractivity contribution in [3.8, 4) is 0 Å². The lowest BCUT2D eigenvalue weighted by atomic mass is 9.85. The molecule has 9 nitrogen and oxygen atoms in total. The molecule has 6 unspecified atom stereocenters. The summed E-state index contributed by atoms with van der Waals surface area (Å²) in [4.78, 5) is 20.0. The Balaban J connectivity index is 1.23. The average molecular weight is 436 g/mol. The molecule has 0 radical (unpaired) electrons. The molecule has 4 rings (SSSR count). The lowest BCUT2D eigenvalue weighted by Crippen LogP contribution is -2.50. The molecule has 4 aliphatic rings. The first kappa shape index (κ1) is 22.2. The highest BCUT2D eigenvalue weighted by molar-refractivity contribution is 5.82. The van der Waals surface area contributed by atoms with E-state index in [2.05, 4.69) is 21.5 Å². The fraction of sp³-hybridized carbons (Fsp3) is 0.944. The van der Waals surface area contributed by atoms with Gasteiger partial charge in [0.25, 0.3) is 0 Å². The van der Waals surface area contributed by atoms with Crippen molar-refractivity contribution in [2.24, 2.45) is 11.8 Å². The van der Waals surface area contributed by atoms with Crippen LogP contribution >= 0.6 is 0 Å². The number of carbonyl (C=O) groups excluding carboxylic acids is 1. The molecule has 4 fully saturated rings. The van der Waals surface area contributed by atoms with Crippen LogP contribution < -0.4 is 21.5 Å². The quantitative estimate of drug-likeness (QED) is 0.438. The molecule has 0 spiro atoms. The third kappa shape index (κ3) is 5.23. The number of hydrogen-bond donors (Lipinski definition) is 4. The van der Waals surface area contributed by atoms with Crippen molar-refractivity contribution in [2.75, 3.05) is 53.0 Å². The standard InChI is InChI=1S/C18H31F3N6O3/c1-26-3-2-13(18(19,20)21)11(7-26)8-27-9-12(5-23-27)24-17(28)14-4-15(30-25-14)16-6-22-10-29-16/h11-16,22-23,25H,2-10H2,1H3,(H,24,28). The summed E-state index contributed by atoms with van der Waals surface area (Å²) in [6, 6.07) is -0.622. The highest BCUT2D eigenvalue weighted by Gasteiger charge is 2.47. The third-order valence-corrected chi connectivity index (χ3v) is 6.47. The van der Waals surface area contributed by atoms with E-state index in [1.54, 1.807) is 0 Å². The number of piperidine rings is 1. The molecule has 0 bridgehead atoms. The van der Waals surface area contributed by atoms with Gasteiger partial charge in [-0.05, 0) is 25.9 Å². The molecule has 0 aromatic heterocycles. The van der Waals surface area contributed by atoms with Gasteiger partial charge in [-0.1, -0.05) is 0 Å². The number of likely N-dealkylation sites (tertiary alicyclic amines) is 1. The number of hydrazine groups is 1. The normalized spacial score (nSPS) is 38.9. The molecule has 6 atom stereocenters. The summed E-state index contributed by atoms with van der Waals surface area (Å²) < 4.78 is 45.8. The SMILES string of the molecule is CN1CCC(C(F)(F)F)C(CN2CC(NC(=O)C3CC(C4CNCO4)ON3)CN2)C1. The minimum atomic E-state index is -4.18. The predicted octanol–water partition coefficient (Wildman–Crippen LogP) is -0.970. The predicted molar refractivity (Wildman–Crippen MR) is 101 cm³/mol. The van der Waals surface area contributed by atoms with Crippen molar-refractivity contribution in [3.63, 3.8) is 0 Å². The van der Waals surface area contributed by atoms with E-state index in [-0.39, 0.29) is 30.6 Å². The van der Waals surface area contributed by atoms with Crippen LogP contribution in [0.4, 0.5) is 13.2 Å².